The quantitative estimate of drug-likeness (QED) is 0.680. The Morgan fingerprint density at radius 3 is 2.60 bits per heavy atom. The van der Waals surface area contributed by atoms with Gasteiger partial charge < -0.3 is 20.1 Å². The third kappa shape index (κ3) is 2.77. The van der Waals surface area contributed by atoms with E-state index in [1.165, 1.54) is 28.8 Å². The van der Waals surface area contributed by atoms with Gasteiger partial charge in [-0.1, -0.05) is 12.1 Å². The van der Waals surface area contributed by atoms with Crippen LogP contribution in [0.5, 0.6) is 5.75 Å². The van der Waals surface area contributed by atoms with Gasteiger partial charge in [0.2, 0.25) is 0 Å². The fourth-order valence-corrected chi connectivity index (χ4v) is 2.70. The lowest BCUT2D eigenvalue weighted by Crippen LogP contribution is -2.17. The number of hydrogen-bond acceptors (Lipinski definition) is 4. The van der Waals surface area contributed by atoms with Crippen molar-refractivity contribution >= 4 is 28.5 Å². The fourth-order valence-electron chi connectivity index (χ4n) is 2.70. The maximum absolute atomic E-state index is 12.6. The predicted molar refractivity (Wildman–Crippen MR) is 90.7 cm³/mol. The van der Waals surface area contributed by atoms with Crippen molar-refractivity contribution in [3.8, 4) is 11.8 Å². The number of carbonyl (C=O) groups excluding carboxylic acids is 1. The number of fused-ring (bicyclic) bond motifs is 1. The Bertz CT molecular complexity index is 1060. The molecule has 1 aromatic heterocycles. The lowest BCUT2D eigenvalue weighted by molar-refractivity contribution is 0.0698. The largest absolute Gasteiger partial charge is 0.506 e. The van der Waals surface area contributed by atoms with Crippen molar-refractivity contribution < 1.29 is 19.8 Å². The molecule has 0 unspecified atom stereocenters. The molecule has 3 rings (SSSR count). The maximum Gasteiger partial charge on any atom is 0.337 e. The second-order valence-corrected chi connectivity index (χ2v) is 5.44. The summed E-state index contributed by atoms with van der Waals surface area (Å²) >= 11 is 0. The predicted octanol–water partition coefficient (Wildman–Crippen LogP) is 2.71. The Morgan fingerprint density at radius 1 is 1.20 bits per heavy atom. The smallest absolute Gasteiger partial charge is 0.337 e. The Balaban J connectivity index is 2.02. The summed E-state index contributed by atoms with van der Waals surface area (Å²) in [5, 5.41) is 31.3. The van der Waals surface area contributed by atoms with Crippen LogP contribution in [0.25, 0.3) is 10.9 Å². The number of nitrogens with one attached hydrogen (secondary N) is 1. The topological polar surface area (TPSA) is 115 Å². The van der Waals surface area contributed by atoms with Gasteiger partial charge in [0.15, 0.2) is 0 Å². The summed E-state index contributed by atoms with van der Waals surface area (Å²) in [6, 6.07) is 12.4. The molecule has 1 amide bonds. The minimum Gasteiger partial charge on any atom is -0.506 e. The van der Waals surface area contributed by atoms with Crippen molar-refractivity contribution in [1.82, 2.24) is 4.57 Å². The van der Waals surface area contributed by atoms with E-state index in [-0.39, 0.29) is 28.3 Å². The molecule has 0 spiro atoms. The molecule has 3 N–H and O–H groups in total. The highest BCUT2D eigenvalue weighted by atomic mass is 16.4. The number of phenolic OH excluding ortho intramolecular Hbond substituents is 1. The number of aryl methyl sites for hydroxylation is 1. The maximum atomic E-state index is 12.6. The summed E-state index contributed by atoms with van der Waals surface area (Å²) in [7, 11) is 1.63. The van der Waals surface area contributed by atoms with Crippen LogP contribution in [0.3, 0.4) is 0 Å². The van der Waals surface area contributed by atoms with E-state index in [1.807, 2.05) is 6.07 Å². The van der Waals surface area contributed by atoms with E-state index in [0.717, 1.165) is 0 Å². The summed E-state index contributed by atoms with van der Waals surface area (Å²) in [5.41, 5.74) is 0.869. The molecule has 1 heterocycles. The summed E-state index contributed by atoms with van der Waals surface area (Å²) in [6.45, 7) is 0. The van der Waals surface area contributed by atoms with Crippen LogP contribution in [-0.2, 0) is 7.05 Å². The number of amides is 1. The molecule has 0 bridgehead atoms. The van der Waals surface area contributed by atoms with Gasteiger partial charge in [-0.2, -0.15) is 5.26 Å². The summed E-state index contributed by atoms with van der Waals surface area (Å²) in [4.78, 5) is 23.9. The lowest BCUT2D eigenvalue weighted by Gasteiger charge is -2.10. The Kier molecular flexibility index (Phi) is 3.87. The molecule has 0 aliphatic carbocycles. The number of anilines is 1. The average molecular weight is 335 g/mol. The minimum absolute atomic E-state index is 0.0450. The first-order valence-corrected chi connectivity index (χ1v) is 7.28. The van der Waals surface area contributed by atoms with Gasteiger partial charge in [-0.3, -0.25) is 4.79 Å². The molecule has 25 heavy (non-hydrogen) atoms. The molecule has 124 valence electrons. The van der Waals surface area contributed by atoms with Crippen LogP contribution in [0, 0.1) is 11.3 Å². The highest BCUT2D eigenvalue weighted by molar-refractivity contribution is 6.09. The Morgan fingerprint density at radius 2 is 1.96 bits per heavy atom. The van der Waals surface area contributed by atoms with Crippen molar-refractivity contribution in [3.05, 3.63) is 59.3 Å². The molecular weight excluding hydrogens is 322 g/mol. The third-order valence-electron chi connectivity index (χ3n) is 3.89. The van der Waals surface area contributed by atoms with Gasteiger partial charge in [0, 0.05) is 12.4 Å². The van der Waals surface area contributed by atoms with Gasteiger partial charge >= 0.3 is 5.97 Å². The van der Waals surface area contributed by atoms with Gasteiger partial charge in [-0.15, -0.1) is 0 Å². The number of para-hydroxylation sites is 1. The first-order valence-electron chi connectivity index (χ1n) is 7.28. The summed E-state index contributed by atoms with van der Waals surface area (Å²) in [5.74, 6) is -1.73. The van der Waals surface area contributed by atoms with Crippen LogP contribution in [0.2, 0.25) is 0 Å². The molecule has 0 saturated heterocycles. The van der Waals surface area contributed by atoms with Gasteiger partial charge in [0.25, 0.3) is 5.91 Å². The van der Waals surface area contributed by atoms with E-state index in [1.54, 1.807) is 25.2 Å². The number of phenols is 1. The molecule has 7 nitrogen and oxygen atoms in total. The van der Waals surface area contributed by atoms with Gasteiger partial charge in [-0.25, -0.2) is 4.79 Å². The zero-order valence-corrected chi connectivity index (χ0v) is 13.1. The molecule has 0 fully saturated rings. The number of rotatable bonds is 3. The van der Waals surface area contributed by atoms with Crippen LogP contribution in [0.4, 0.5) is 5.69 Å². The Labute approximate surface area is 142 Å². The highest BCUT2D eigenvalue weighted by Gasteiger charge is 2.18. The van der Waals surface area contributed by atoms with Gasteiger partial charge in [0.1, 0.15) is 11.4 Å². The van der Waals surface area contributed by atoms with Crippen molar-refractivity contribution in [3.63, 3.8) is 0 Å². The van der Waals surface area contributed by atoms with Crippen LogP contribution in [0.1, 0.15) is 26.4 Å². The number of aromatic hydroxyl groups is 1. The van der Waals surface area contributed by atoms with Crippen molar-refractivity contribution in [2.24, 2.45) is 7.05 Å². The second-order valence-electron chi connectivity index (χ2n) is 5.44. The molecule has 0 aliphatic rings. The molecule has 3 aromatic rings. The number of nitriles is 1. The standard InChI is InChI=1S/C18H13N3O4/c1-21-14(8-11-3-2-4-15(22)16(11)21)17(23)20-13-6-5-10(9-19)7-12(13)18(24)25/h2-8,22H,1H3,(H,20,23)(H,24,25). The zero-order valence-electron chi connectivity index (χ0n) is 13.1. The van der Waals surface area contributed by atoms with Crippen molar-refractivity contribution in [2.75, 3.05) is 5.32 Å². The number of carbonyl (C=O) groups is 2. The van der Waals surface area contributed by atoms with Gasteiger partial charge in [0.05, 0.1) is 28.4 Å². The molecule has 0 aliphatic heterocycles. The van der Waals surface area contributed by atoms with E-state index < -0.39 is 11.9 Å². The molecule has 0 saturated carbocycles. The summed E-state index contributed by atoms with van der Waals surface area (Å²) < 4.78 is 1.53. The molecular formula is C18H13N3O4. The van der Waals surface area contributed by atoms with E-state index in [9.17, 15) is 19.8 Å². The van der Waals surface area contributed by atoms with Crippen LogP contribution < -0.4 is 5.32 Å². The number of carboxylic acids is 1. The molecule has 7 heteroatoms. The molecule has 0 atom stereocenters. The number of nitrogens with zero attached hydrogens (tertiary/aromatic N) is 2. The van der Waals surface area contributed by atoms with Crippen molar-refractivity contribution in [1.29, 1.82) is 5.26 Å². The number of benzene rings is 2. The monoisotopic (exact) mass is 335 g/mol. The normalized spacial score (nSPS) is 10.4. The lowest BCUT2D eigenvalue weighted by atomic mass is 10.1. The highest BCUT2D eigenvalue weighted by Crippen LogP contribution is 2.27. The zero-order chi connectivity index (χ0) is 18.1. The number of aromatic nitrogens is 1. The molecule has 0 radical (unpaired) electrons. The van der Waals surface area contributed by atoms with Gasteiger partial charge in [-0.05, 0) is 30.3 Å². The van der Waals surface area contributed by atoms with Crippen molar-refractivity contribution in [2.45, 2.75) is 0 Å². The minimum atomic E-state index is -1.25. The van der Waals surface area contributed by atoms with E-state index in [2.05, 4.69) is 5.32 Å². The third-order valence-corrected chi connectivity index (χ3v) is 3.89. The summed E-state index contributed by atoms with van der Waals surface area (Å²) in [6.07, 6.45) is 0. The SMILES string of the molecule is Cn1c(C(=O)Nc2ccc(C#N)cc2C(=O)O)cc2cccc(O)c21. The Hall–Kier alpha value is -3.79. The first kappa shape index (κ1) is 16.1. The van der Waals surface area contributed by atoms with E-state index in [4.69, 9.17) is 5.26 Å². The van der Waals surface area contributed by atoms with Crippen LogP contribution >= 0.6 is 0 Å². The van der Waals surface area contributed by atoms with E-state index in [0.29, 0.717) is 10.9 Å². The second kappa shape index (κ2) is 6.02. The average Bonchev–Trinajstić information content (AvgIpc) is 2.93. The fraction of sp³-hybridized carbons (Fsp3) is 0.0556. The van der Waals surface area contributed by atoms with Crippen LogP contribution in [0.15, 0.2) is 42.5 Å². The number of carboxylic acid groups (broad SMARTS) is 1. The van der Waals surface area contributed by atoms with E-state index >= 15 is 0 Å². The number of aromatic carboxylic acids is 1. The molecule has 2 aromatic carbocycles. The number of hydrogen-bond donors (Lipinski definition) is 3. The van der Waals surface area contributed by atoms with Crippen LogP contribution in [-0.4, -0.2) is 26.7 Å². The first-order chi connectivity index (χ1) is 11.9.